The van der Waals surface area contributed by atoms with Crippen LogP contribution < -0.4 is 10.5 Å². The highest BCUT2D eigenvalue weighted by atomic mass is 19.1. The third kappa shape index (κ3) is 3.14. The van der Waals surface area contributed by atoms with Crippen molar-refractivity contribution in [2.75, 3.05) is 11.4 Å². The van der Waals surface area contributed by atoms with E-state index in [-0.39, 0.29) is 12.2 Å². The van der Waals surface area contributed by atoms with Crippen LogP contribution in [-0.4, -0.2) is 16.3 Å². The van der Waals surface area contributed by atoms with Crippen molar-refractivity contribution in [2.45, 2.75) is 19.5 Å². The van der Waals surface area contributed by atoms with Gasteiger partial charge >= 0.3 is 0 Å². The van der Waals surface area contributed by atoms with Gasteiger partial charge in [-0.2, -0.15) is 5.10 Å². The fourth-order valence-electron chi connectivity index (χ4n) is 4.18. The molecular formula is C24H19F2N3O. The molecule has 0 unspecified atom stereocenters. The number of benzene rings is 3. The van der Waals surface area contributed by atoms with Gasteiger partial charge < -0.3 is 4.90 Å². The molecule has 150 valence electrons. The maximum absolute atomic E-state index is 14.6. The van der Waals surface area contributed by atoms with Crippen LogP contribution in [0.15, 0.2) is 71.5 Å². The van der Waals surface area contributed by atoms with E-state index in [4.69, 9.17) is 0 Å². The molecule has 5 rings (SSSR count). The molecule has 30 heavy (non-hydrogen) atoms. The number of aryl methyl sites for hydroxylation is 1. The van der Waals surface area contributed by atoms with Crippen molar-refractivity contribution in [3.8, 4) is 11.3 Å². The summed E-state index contributed by atoms with van der Waals surface area (Å²) in [5.74, 6) is -1.19. The Morgan fingerprint density at radius 2 is 1.67 bits per heavy atom. The van der Waals surface area contributed by atoms with Gasteiger partial charge in [-0.15, -0.1) is 0 Å². The van der Waals surface area contributed by atoms with Gasteiger partial charge in [0.15, 0.2) is 0 Å². The van der Waals surface area contributed by atoms with Crippen LogP contribution in [0.4, 0.5) is 14.5 Å². The highest BCUT2D eigenvalue weighted by Crippen LogP contribution is 2.31. The number of halogens is 2. The first-order valence-electron chi connectivity index (χ1n) is 9.90. The largest absolute Gasteiger partial charge is 0.349 e. The smallest absolute Gasteiger partial charge is 0.276 e. The van der Waals surface area contributed by atoms with E-state index in [0.29, 0.717) is 35.3 Å². The van der Waals surface area contributed by atoms with Crippen LogP contribution >= 0.6 is 0 Å². The molecule has 1 aliphatic heterocycles. The minimum absolute atomic E-state index is 0.0963. The van der Waals surface area contributed by atoms with Crippen LogP contribution in [0.25, 0.3) is 22.0 Å². The van der Waals surface area contributed by atoms with Crippen molar-refractivity contribution in [1.29, 1.82) is 0 Å². The van der Waals surface area contributed by atoms with Crippen LogP contribution in [0.1, 0.15) is 12.0 Å². The van der Waals surface area contributed by atoms with E-state index in [0.717, 1.165) is 23.4 Å². The molecule has 0 bridgehead atoms. The lowest BCUT2D eigenvalue weighted by molar-refractivity contribution is 0.511. The van der Waals surface area contributed by atoms with Gasteiger partial charge in [-0.1, -0.05) is 48.5 Å². The Labute approximate surface area is 172 Å². The van der Waals surface area contributed by atoms with Gasteiger partial charge in [0, 0.05) is 23.6 Å². The minimum atomic E-state index is -0.609. The fourth-order valence-corrected chi connectivity index (χ4v) is 4.18. The Kier molecular flexibility index (Phi) is 4.54. The van der Waals surface area contributed by atoms with Gasteiger partial charge in [0.25, 0.3) is 5.56 Å². The maximum Gasteiger partial charge on any atom is 0.276 e. The van der Waals surface area contributed by atoms with Crippen molar-refractivity contribution in [3.63, 3.8) is 0 Å². The van der Waals surface area contributed by atoms with Gasteiger partial charge in [-0.25, -0.2) is 13.5 Å². The van der Waals surface area contributed by atoms with E-state index in [1.165, 1.54) is 10.7 Å². The molecule has 0 atom stereocenters. The van der Waals surface area contributed by atoms with Crippen molar-refractivity contribution in [1.82, 2.24) is 9.78 Å². The second kappa shape index (κ2) is 7.37. The van der Waals surface area contributed by atoms with E-state index in [1.54, 1.807) is 11.0 Å². The van der Waals surface area contributed by atoms with Crippen LogP contribution in [0.2, 0.25) is 0 Å². The summed E-state index contributed by atoms with van der Waals surface area (Å²) in [5, 5.41) is 5.98. The first-order chi connectivity index (χ1) is 14.6. The zero-order valence-corrected chi connectivity index (χ0v) is 16.2. The lowest BCUT2D eigenvalue weighted by atomic mass is 10.0. The molecule has 0 saturated carbocycles. The third-order valence-corrected chi connectivity index (χ3v) is 5.52. The molecule has 3 aromatic carbocycles. The van der Waals surface area contributed by atoms with Crippen molar-refractivity contribution in [2.24, 2.45) is 0 Å². The summed E-state index contributed by atoms with van der Waals surface area (Å²) >= 11 is 0. The average Bonchev–Trinajstić information content (AvgIpc) is 2.76. The Balaban J connectivity index is 1.65. The molecule has 4 nitrogen and oxygen atoms in total. The highest BCUT2D eigenvalue weighted by molar-refractivity contribution is 5.93. The molecule has 1 aromatic heterocycles. The lowest BCUT2D eigenvalue weighted by Gasteiger charge is -2.31. The van der Waals surface area contributed by atoms with E-state index >= 15 is 0 Å². The van der Waals surface area contributed by atoms with Gasteiger partial charge in [-0.3, -0.25) is 4.79 Å². The second-order valence-corrected chi connectivity index (χ2v) is 7.47. The summed E-state index contributed by atoms with van der Waals surface area (Å²) in [4.78, 5) is 14.9. The quantitative estimate of drug-likeness (QED) is 0.495. The Bertz CT molecular complexity index is 1300. The first-order valence-corrected chi connectivity index (χ1v) is 9.90. The van der Waals surface area contributed by atoms with E-state index in [9.17, 15) is 13.6 Å². The number of rotatable bonds is 3. The predicted molar refractivity (Wildman–Crippen MR) is 113 cm³/mol. The van der Waals surface area contributed by atoms with Crippen LogP contribution in [0.5, 0.6) is 0 Å². The van der Waals surface area contributed by atoms with Crippen molar-refractivity contribution < 1.29 is 8.78 Å². The van der Waals surface area contributed by atoms with E-state index < -0.39 is 11.6 Å². The molecule has 0 N–H and O–H groups in total. The molecule has 0 radical (unpaired) electrons. The van der Waals surface area contributed by atoms with Crippen LogP contribution in [-0.2, 0) is 13.1 Å². The van der Waals surface area contributed by atoms with Crippen LogP contribution in [0.3, 0.4) is 0 Å². The number of aromatic nitrogens is 2. The Morgan fingerprint density at radius 3 is 2.47 bits per heavy atom. The highest BCUT2D eigenvalue weighted by Gasteiger charge is 2.23. The summed E-state index contributed by atoms with van der Waals surface area (Å²) in [6.07, 6.45) is 1.36. The summed E-state index contributed by atoms with van der Waals surface area (Å²) in [7, 11) is 0. The third-order valence-electron chi connectivity index (χ3n) is 5.52. The molecule has 0 aliphatic carbocycles. The summed E-state index contributed by atoms with van der Waals surface area (Å²) < 4.78 is 29.6. The zero-order valence-electron chi connectivity index (χ0n) is 16.2. The van der Waals surface area contributed by atoms with Gasteiger partial charge in [-0.05, 0) is 30.5 Å². The minimum Gasteiger partial charge on any atom is -0.349 e. The van der Waals surface area contributed by atoms with Crippen LogP contribution in [0, 0.1) is 11.6 Å². The van der Waals surface area contributed by atoms with Crippen molar-refractivity contribution in [3.05, 3.63) is 94.3 Å². The number of fused-ring (bicyclic) bond motifs is 2. The fraction of sp³-hybridized carbons (Fsp3) is 0.167. The van der Waals surface area contributed by atoms with E-state index in [2.05, 4.69) is 5.10 Å². The van der Waals surface area contributed by atoms with E-state index in [1.807, 2.05) is 48.5 Å². The molecule has 0 spiro atoms. The van der Waals surface area contributed by atoms with Crippen molar-refractivity contribution >= 4 is 16.5 Å². The predicted octanol–water partition coefficient (Wildman–Crippen LogP) is 4.75. The normalized spacial score (nSPS) is 13.5. The average molecular weight is 403 g/mol. The van der Waals surface area contributed by atoms with Gasteiger partial charge in [0.1, 0.15) is 18.3 Å². The standard InChI is InChI=1S/C24H19F2N3O/c25-18-13-17-9-6-12-28(23(17)21(26)14-18)15-29-24(30)20-11-5-4-10-19(20)22(27-29)16-7-2-1-3-8-16/h1-5,7-8,10-11,13-14H,6,9,12,15H2. The monoisotopic (exact) mass is 403 g/mol. The lowest BCUT2D eigenvalue weighted by Crippen LogP contribution is -2.37. The second-order valence-electron chi connectivity index (χ2n) is 7.47. The first kappa shape index (κ1) is 18.5. The molecule has 0 amide bonds. The summed E-state index contributed by atoms with van der Waals surface area (Å²) in [6, 6.07) is 19.3. The maximum atomic E-state index is 14.6. The van der Waals surface area contributed by atoms with Gasteiger partial charge in [0.05, 0.1) is 16.8 Å². The molecular weight excluding hydrogens is 384 g/mol. The summed E-state index contributed by atoms with van der Waals surface area (Å²) in [6.45, 7) is 0.663. The number of hydrogen-bond acceptors (Lipinski definition) is 3. The SMILES string of the molecule is O=c1c2ccccc2c(-c2ccccc2)nn1CN1CCCc2cc(F)cc(F)c21. The molecule has 6 heteroatoms. The molecule has 0 saturated heterocycles. The molecule has 2 heterocycles. The molecule has 1 aliphatic rings. The number of hydrogen-bond donors (Lipinski definition) is 0. The zero-order chi connectivity index (χ0) is 20.7. The molecule has 0 fully saturated rings. The molecule has 4 aromatic rings. The topological polar surface area (TPSA) is 38.1 Å². The van der Waals surface area contributed by atoms with Gasteiger partial charge in [0.2, 0.25) is 0 Å². The Hall–Kier alpha value is -3.54. The number of anilines is 1. The Morgan fingerprint density at radius 1 is 0.933 bits per heavy atom. The number of nitrogens with zero attached hydrogens (tertiary/aromatic N) is 3. The summed E-state index contributed by atoms with van der Waals surface area (Å²) in [5.41, 5.74) is 2.33.